The van der Waals surface area contributed by atoms with Crippen molar-refractivity contribution in [1.82, 2.24) is 4.90 Å². The molecule has 3 aliphatic heterocycles. The van der Waals surface area contributed by atoms with E-state index >= 15 is 0 Å². The number of hydrogen-bond donors (Lipinski definition) is 0. The van der Waals surface area contributed by atoms with Crippen LogP contribution in [0.1, 0.15) is 409 Å². The highest BCUT2D eigenvalue weighted by Gasteiger charge is 2.47. The van der Waals surface area contributed by atoms with Crippen molar-refractivity contribution in [3.8, 4) is 34.5 Å². The Morgan fingerprint density at radius 2 is 0.358 bits per heavy atom. The Morgan fingerprint density at radius 3 is 0.468 bits per heavy atom. The molecule has 602 valence electrons. The number of nitrogens with zero attached hydrogens (tertiary/aromatic N) is 1. The molecule has 3 unspecified atom stereocenters. The molecule has 109 heavy (non-hydrogen) atoms. The fourth-order valence-corrected chi connectivity index (χ4v) is 18.5. The Bertz CT molecular complexity index is 3650. The first-order valence-electron chi connectivity index (χ1n) is 40.5. The van der Waals surface area contributed by atoms with Crippen molar-refractivity contribution in [3.05, 3.63) is 173 Å². The molecule has 10 nitrogen and oxygen atoms in total. The molecule has 6 aromatic rings. The topological polar surface area (TPSA) is 86.3 Å². The van der Waals surface area contributed by atoms with Gasteiger partial charge in [-0.25, -0.2) is 4.90 Å². The highest BCUT2D eigenvalue weighted by molar-refractivity contribution is 7.43. The van der Waals surface area contributed by atoms with E-state index in [2.05, 4.69) is 368 Å². The van der Waals surface area contributed by atoms with Gasteiger partial charge in [0.1, 0.15) is 53.2 Å². The molecule has 0 radical (unpaired) electrons. The van der Waals surface area contributed by atoms with Gasteiger partial charge in [-0.3, -0.25) is 13.6 Å². The molecule has 0 fully saturated rings. The number of hydrogen-bond acceptors (Lipinski definition) is 10. The molecule has 0 saturated carbocycles. The van der Waals surface area contributed by atoms with Gasteiger partial charge < -0.3 is 27.1 Å². The van der Waals surface area contributed by atoms with Crippen LogP contribution in [0, 0.1) is 0 Å². The van der Waals surface area contributed by atoms with Crippen molar-refractivity contribution >= 4 is 25.8 Å². The largest absolute Gasteiger partial charge is 0.464 e. The normalized spacial score (nSPS) is 20.2. The van der Waals surface area contributed by atoms with Gasteiger partial charge in [0, 0.05) is 84.5 Å². The first-order chi connectivity index (χ1) is 49.1. The van der Waals surface area contributed by atoms with Crippen LogP contribution in [0.25, 0.3) is 0 Å². The molecule has 0 saturated heterocycles. The molecule has 3 aliphatic rings. The van der Waals surface area contributed by atoms with Crippen molar-refractivity contribution in [2.75, 3.05) is 0 Å². The quantitative estimate of drug-likeness (QED) is 0.103. The maximum atomic E-state index is 7.80. The fourth-order valence-electron chi connectivity index (χ4n) is 14.9. The SMILES string of the molecule is CC1c2cc(C(C)(C)C)cc(C(C)(C)C)c2OP(OC(C)N(C(C)OP2Oc3c(cc(C(C)(C)C)cc3C(C)(C)C)C(C)c3cc(C(C)(C)C)cc(C(C)(C)C)c3O2)C(C)OP2Oc3c(cc(C(C)(C)C)cc3C(C)(C)C)C(C)c3cc(C(C)(C)C)cc(C(C)(C)C)c3O2)Oc2c1cc(C(C)(C)C)cc2C(C)(C)C. The van der Waals surface area contributed by atoms with E-state index in [1.807, 2.05) is 0 Å². The van der Waals surface area contributed by atoms with E-state index in [1.165, 1.54) is 33.4 Å². The minimum Gasteiger partial charge on any atom is -0.417 e. The highest BCUT2D eigenvalue weighted by atomic mass is 31.2. The Hall–Kier alpha value is -4.75. The smallest absolute Gasteiger partial charge is 0.417 e. The molecule has 6 aromatic carbocycles. The second-order valence-corrected chi connectivity index (χ2v) is 47.7. The van der Waals surface area contributed by atoms with E-state index < -0.39 is 44.5 Å². The maximum absolute atomic E-state index is 7.80. The van der Waals surface area contributed by atoms with Crippen molar-refractivity contribution in [2.45, 2.75) is 392 Å². The molecule has 0 spiro atoms. The van der Waals surface area contributed by atoms with Crippen LogP contribution in [0.5, 0.6) is 34.5 Å². The minimum atomic E-state index is -2.32. The number of benzene rings is 6. The monoisotopic (exact) mass is 1550 g/mol. The third-order valence-electron chi connectivity index (χ3n) is 22.5. The van der Waals surface area contributed by atoms with E-state index in [0.29, 0.717) is 0 Å². The van der Waals surface area contributed by atoms with Crippen LogP contribution in [0.4, 0.5) is 0 Å². The van der Waals surface area contributed by atoms with Gasteiger partial charge in [0.15, 0.2) is 0 Å². The van der Waals surface area contributed by atoms with Crippen LogP contribution in [0.3, 0.4) is 0 Å². The van der Waals surface area contributed by atoms with Crippen LogP contribution in [0.15, 0.2) is 72.8 Å². The molecule has 0 amide bonds. The first-order valence-corrected chi connectivity index (χ1v) is 43.8. The van der Waals surface area contributed by atoms with E-state index in [-0.39, 0.29) is 82.7 Å². The standard InChI is InChI=1S/C96H144NO9P3/c1-55-67-43-61(85(7,8)9)49-73(91(25,26)27)79(67)101-107(102-80-68(55)44-62(86(10,11)12)50-74(80)92(28,29)30)98-58(4)97(59(5)99-108-103-81-69(45-63(87(13,14)15)51-75(81)93(31,32)33)56(2)70-46-64(88(16,17)18)52-76(82(70)104-108)94(34,35)36)60(6)100-109-105-83-71(47-65(89(19,20)21)53-77(83)95(37,38)39)57(3)72-48-66(90(22,23)24)54-78(84(72)106-109)96(40,41)42/h43-60H,1-42H3. The van der Waals surface area contributed by atoms with Crippen LogP contribution in [-0.4, -0.2) is 23.6 Å². The second-order valence-electron chi connectivity index (χ2n) is 44.6. The lowest BCUT2D eigenvalue weighted by atomic mass is 9.74. The molecule has 0 bridgehead atoms. The van der Waals surface area contributed by atoms with E-state index in [1.54, 1.807) is 0 Å². The molecular weight excluding hydrogens is 1400 g/mol. The minimum absolute atomic E-state index is 0.131. The molecular formula is C96H144NO9P3. The van der Waals surface area contributed by atoms with Gasteiger partial charge in [0.25, 0.3) is 0 Å². The molecule has 0 N–H and O–H groups in total. The van der Waals surface area contributed by atoms with Crippen molar-refractivity contribution in [3.63, 3.8) is 0 Å². The van der Waals surface area contributed by atoms with E-state index in [9.17, 15) is 0 Å². The summed E-state index contributed by atoms with van der Waals surface area (Å²) in [5, 5.41) is 0. The molecule has 0 aliphatic carbocycles. The zero-order valence-corrected chi connectivity index (χ0v) is 78.5. The summed E-state index contributed by atoms with van der Waals surface area (Å²) < 4.78 is 69.7. The number of rotatable bonds is 9. The molecule has 0 aromatic heterocycles. The molecule has 9 rings (SSSR count). The van der Waals surface area contributed by atoms with Crippen molar-refractivity contribution < 1.29 is 40.7 Å². The lowest BCUT2D eigenvalue weighted by molar-refractivity contribution is -0.136. The zero-order valence-electron chi connectivity index (χ0n) is 75.9. The van der Waals surface area contributed by atoms with Crippen LogP contribution < -0.4 is 27.1 Å². The molecule has 3 heterocycles. The summed E-state index contributed by atoms with van der Waals surface area (Å²) >= 11 is 0. The van der Waals surface area contributed by atoms with Gasteiger partial charge in [-0.05, 0) is 119 Å². The summed E-state index contributed by atoms with van der Waals surface area (Å²) in [7, 11) is -6.97. The first kappa shape index (κ1) is 88.2. The van der Waals surface area contributed by atoms with Gasteiger partial charge in [-0.2, -0.15) is 0 Å². The third kappa shape index (κ3) is 19.1. The molecule has 13 heteroatoms. The van der Waals surface area contributed by atoms with E-state index in [0.717, 1.165) is 101 Å². The third-order valence-corrected chi connectivity index (χ3v) is 25.9. The van der Waals surface area contributed by atoms with Gasteiger partial charge in [0.05, 0.1) is 0 Å². The van der Waals surface area contributed by atoms with Gasteiger partial charge in [0.2, 0.25) is 0 Å². The molecule has 3 atom stereocenters. The highest BCUT2D eigenvalue weighted by Crippen LogP contribution is 2.62. The summed E-state index contributed by atoms with van der Waals surface area (Å²) in [4.78, 5) is 2.12. The van der Waals surface area contributed by atoms with E-state index in [4.69, 9.17) is 40.7 Å². The van der Waals surface area contributed by atoms with Crippen molar-refractivity contribution in [1.29, 1.82) is 0 Å². The Morgan fingerprint density at radius 1 is 0.229 bits per heavy atom. The zero-order chi connectivity index (χ0) is 82.5. The summed E-state index contributed by atoms with van der Waals surface area (Å²) in [6.07, 6.45) is -2.65. The van der Waals surface area contributed by atoms with Crippen LogP contribution in [0.2, 0.25) is 0 Å². The van der Waals surface area contributed by atoms with Gasteiger partial charge in [-0.1, -0.05) is 343 Å². The summed E-state index contributed by atoms with van der Waals surface area (Å²) in [5.74, 6) is 4.25. The Balaban J connectivity index is 1.33. The fraction of sp³-hybridized carbons (Fsp3) is 0.625. The lowest BCUT2D eigenvalue weighted by Gasteiger charge is -2.42. The van der Waals surface area contributed by atoms with Crippen LogP contribution in [-0.2, 0) is 78.6 Å². The van der Waals surface area contributed by atoms with Gasteiger partial charge in [-0.15, -0.1) is 0 Å². The second kappa shape index (κ2) is 29.8. The predicted octanol–water partition coefficient (Wildman–Crippen LogP) is 29.5. The number of fused-ring (bicyclic) bond motifs is 6. The summed E-state index contributed by atoms with van der Waals surface area (Å²) in [6, 6.07) is 28.4. The van der Waals surface area contributed by atoms with Crippen LogP contribution >= 0.6 is 25.8 Å². The Kier molecular flexibility index (Phi) is 24.1. The summed E-state index contributed by atoms with van der Waals surface area (Å²) in [5.41, 5.74) is 17.3. The average Bonchev–Trinajstić information content (AvgIpc) is 0.748. The summed E-state index contributed by atoms with van der Waals surface area (Å²) in [6.45, 7) is 95.6. The van der Waals surface area contributed by atoms with Crippen molar-refractivity contribution in [2.24, 2.45) is 0 Å². The maximum Gasteiger partial charge on any atom is 0.464 e. The van der Waals surface area contributed by atoms with Gasteiger partial charge >= 0.3 is 25.8 Å². The Labute approximate surface area is 667 Å². The predicted molar refractivity (Wildman–Crippen MR) is 464 cm³/mol. The average molecular weight is 1550 g/mol. The lowest BCUT2D eigenvalue weighted by Crippen LogP contribution is -2.48.